The first-order valence-electron chi connectivity index (χ1n) is 3.95. The van der Waals surface area contributed by atoms with E-state index in [9.17, 15) is 0 Å². The van der Waals surface area contributed by atoms with E-state index in [1.54, 1.807) is 0 Å². The summed E-state index contributed by atoms with van der Waals surface area (Å²) in [7, 11) is 0. The molecule has 0 N–H and O–H groups in total. The highest BCUT2D eigenvalue weighted by Gasteiger charge is 2.34. The summed E-state index contributed by atoms with van der Waals surface area (Å²) in [5, 5.41) is 0. The van der Waals surface area contributed by atoms with Crippen molar-refractivity contribution < 1.29 is 0 Å². The van der Waals surface area contributed by atoms with E-state index in [0.29, 0.717) is 6.04 Å². The Morgan fingerprint density at radius 3 is 2.83 bits per heavy atom. The van der Waals surface area contributed by atoms with Crippen LogP contribution in [-0.2, 0) is 0 Å². The van der Waals surface area contributed by atoms with E-state index in [1.807, 2.05) is 24.5 Å². The van der Waals surface area contributed by atoms with Crippen LogP contribution in [0.25, 0.3) is 0 Å². The van der Waals surface area contributed by atoms with Gasteiger partial charge in [-0.25, -0.2) is 4.98 Å². The molecule has 1 aliphatic rings. The zero-order chi connectivity index (χ0) is 7.97. The third-order valence-electron chi connectivity index (χ3n) is 2.21. The van der Waals surface area contributed by atoms with Crippen LogP contribution in [0, 0.1) is 6.07 Å². The van der Waals surface area contributed by atoms with Crippen LogP contribution in [0.4, 0.5) is 0 Å². The molecule has 1 aromatic heterocycles. The molecule has 0 spiro atoms. The Bertz CT molecular complexity index is 384. The molecule has 2 heteroatoms. The van der Waals surface area contributed by atoms with Gasteiger partial charge in [-0.15, -0.1) is 0 Å². The maximum atomic E-state index is 4.22. The summed E-state index contributed by atoms with van der Waals surface area (Å²) in [5.74, 6) is 1.17. The van der Waals surface area contributed by atoms with Gasteiger partial charge < -0.3 is 4.57 Å². The molecule has 0 saturated carbocycles. The van der Waals surface area contributed by atoms with Gasteiger partial charge in [0.2, 0.25) is 0 Å². The molecule has 2 heterocycles. The Morgan fingerprint density at radius 1 is 1.33 bits per heavy atom. The zero-order valence-corrected chi connectivity index (χ0v) is 6.44. The normalized spacial score (nSPS) is 18.8. The maximum Gasteiger partial charge on any atom is 0.137 e. The predicted octanol–water partition coefficient (Wildman–Crippen LogP) is 1.63. The van der Waals surface area contributed by atoms with Gasteiger partial charge in [-0.05, 0) is 11.6 Å². The fraction of sp³-hybridized carbons (Fsp3) is 0.100. The van der Waals surface area contributed by atoms with Crippen LogP contribution >= 0.6 is 0 Å². The molecule has 1 unspecified atom stereocenters. The van der Waals surface area contributed by atoms with Crippen molar-refractivity contribution in [3.63, 3.8) is 0 Å². The largest absolute Gasteiger partial charge is 0.318 e. The molecule has 1 aromatic carbocycles. The lowest BCUT2D eigenvalue weighted by molar-refractivity contribution is 0.947. The molecule has 2 aromatic rings. The summed E-state index contributed by atoms with van der Waals surface area (Å²) >= 11 is 0. The fourth-order valence-corrected chi connectivity index (χ4v) is 1.57. The van der Waals surface area contributed by atoms with Crippen molar-refractivity contribution >= 4 is 0 Å². The fourth-order valence-electron chi connectivity index (χ4n) is 1.57. The zero-order valence-electron chi connectivity index (χ0n) is 6.44. The van der Waals surface area contributed by atoms with E-state index in [1.165, 1.54) is 11.4 Å². The number of hydrogen-bond acceptors (Lipinski definition) is 1. The molecule has 3 rings (SSSR count). The van der Waals surface area contributed by atoms with Crippen LogP contribution in [0.1, 0.15) is 17.4 Å². The van der Waals surface area contributed by atoms with E-state index in [4.69, 9.17) is 0 Å². The topological polar surface area (TPSA) is 17.8 Å². The second kappa shape index (κ2) is 1.97. The molecular weight excluding hydrogens is 148 g/mol. The SMILES string of the molecule is [c]1ccc(C2c3nccn32)cc1. The number of fused-ring (bicyclic) bond motifs is 1. The average Bonchev–Trinajstić information content (AvgIpc) is 2.62. The van der Waals surface area contributed by atoms with Gasteiger partial charge in [-0.2, -0.15) is 0 Å². The van der Waals surface area contributed by atoms with Gasteiger partial charge >= 0.3 is 0 Å². The van der Waals surface area contributed by atoms with Gasteiger partial charge in [0.15, 0.2) is 0 Å². The van der Waals surface area contributed by atoms with E-state index in [-0.39, 0.29) is 0 Å². The van der Waals surface area contributed by atoms with Gasteiger partial charge in [0.05, 0.1) is 0 Å². The molecule has 0 bridgehead atoms. The number of benzene rings is 1. The number of aromatic nitrogens is 2. The third kappa shape index (κ3) is 0.666. The van der Waals surface area contributed by atoms with Gasteiger partial charge in [-0.1, -0.05) is 24.3 Å². The quantitative estimate of drug-likeness (QED) is 0.522. The summed E-state index contributed by atoms with van der Waals surface area (Å²) in [6.07, 6.45) is 3.84. The number of hydrogen-bond donors (Lipinski definition) is 0. The molecule has 0 aliphatic carbocycles. The lowest BCUT2D eigenvalue weighted by atomic mass is 10.1. The Morgan fingerprint density at radius 2 is 2.17 bits per heavy atom. The van der Waals surface area contributed by atoms with Crippen LogP contribution < -0.4 is 0 Å². The molecule has 0 amide bonds. The second-order valence-electron chi connectivity index (χ2n) is 2.93. The van der Waals surface area contributed by atoms with E-state index < -0.39 is 0 Å². The summed E-state index contributed by atoms with van der Waals surface area (Å²) in [5.41, 5.74) is 1.30. The molecule has 0 saturated heterocycles. The van der Waals surface area contributed by atoms with Crippen LogP contribution in [-0.4, -0.2) is 9.55 Å². The molecule has 57 valence electrons. The van der Waals surface area contributed by atoms with Gasteiger partial charge in [-0.3, -0.25) is 0 Å². The van der Waals surface area contributed by atoms with Crippen molar-refractivity contribution in [3.8, 4) is 0 Å². The molecular formula is C10H7N2. The first-order chi connectivity index (χ1) is 5.97. The Balaban J connectivity index is 2.01. The van der Waals surface area contributed by atoms with Crippen molar-refractivity contribution in [2.24, 2.45) is 0 Å². The van der Waals surface area contributed by atoms with Crippen LogP contribution in [0.15, 0.2) is 36.7 Å². The van der Waals surface area contributed by atoms with Crippen LogP contribution in [0.5, 0.6) is 0 Å². The number of imidazole rings is 1. The first kappa shape index (κ1) is 6.00. The van der Waals surface area contributed by atoms with Crippen molar-refractivity contribution in [1.29, 1.82) is 0 Å². The summed E-state index contributed by atoms with van der Waals surface area (Å²) < 4.78 is 2.16. The molecule has 1 radical (unpaired) electrons. The highest BCUT2D eigenvalue weighted by Crippen LogP contribution is 2.37. The number of rotatable bonds is 1. The van der Waals surface area contributed by atoms with Crippen LogP contribution in [0.2, 0.25) is 0 Å². The monoisotopic (exact) mass is 155 g/mol. The van der Waals surface area contributed by atoms with Crippen molar-refractivity contribution in [1.82, 2.24) is 9.55 Å². The van der Waals surface area contributed by atoms with Crippen LogP contribution in [0.3, 0.4) is 0 Å². The third-order valence-corrected chi connectivity index (χ3v) is 2.21. The standard InChI is InChI=1S/C10H7N2/c1-2-4-8(5-3-1)9-10-11-6-7-12(9)10/h2-7,9H. The highest BCUT2D eigenvalue weighted by atomic mass is 15.2. The number of nitrogens with zero attached hydrogens (tertiary/aromatic N) is 2. The first-order valence-corrected chi connectivity index (χ1v) is 3.95. The Labute approximate surface area is 70.5 Å². The smallest absolute Gasteiger partial charge is 0.137 e. The van der Waals surface area contributed by atoms with Gasteiger partial charge in [0, 0.05) is 12.4 Å². The molecule has 1 atom stereocenters. The van der Waals surface area contributed by atoms with Crippen molar-refractivity contribution in [3.05, 3.63) is 54.1 Å². The highest BCUT2D eigenvalue weighted by molar-refractivity contribution is 5.35. The molecule has 12 heavy (non-hydrogen) atoms. The lowest BCUT2D eigenvalue weighted by Gasteiger charge is -1.94. The summed E-state index contributed by atoms with van der Waals surface area (Å²) in [6, 6.07) is 11.5. The minimum Gasteiger partial charge on any atom is -0.318 e. The van der Waals surface area contributed by atoms with E-state index in [2.05, 4.69) is 27.8 Å². The molecule has 0 fully saturated rings. The lowest BCUT2D eigenvalue weighted by Crippen LogP contribution is -1.85. The van der Waals surface area contributed by atoms with E-state index >= 15 is 0 Å². The minimum absolute atomic E-state index is 0.421. The average molecular weight is 155 g/mol. The predicted molar refractivity (Wildman–Crippen MR) is 44.7 cm³/mol. The Hall–Kier alpha value is -1.57. The Kier molecular flexibility index (Phi) is 0.987. The van der Waals surface area contributed by atoms with Crippen molar-refractivity contribution in [2.45, 2.75) is 6.04 Å². The van der Waals surface area contributed by atoms with Gasteiger partial charge in [0.1, 0.15) is 11.9 Å². The van der Waals surface area contributed by atoms with E-state index in [0.717, 1.165) is 0 Å². The molecule has 1 aliphatic heterocycles. The van der Waals surface area contributed by atoms with Crippen molar-refractivity contribution in [2.75, 3.05) is 0 Å². The summed E-state index contributed by atoms with van der Waals surface area (Å²) in [4.78, 5) is 4.22. The minimum atomic E-state index is 0.421. The maximum absolute atomic E-state index is 4.22. The summed E-state index contributed by atoms with van der Waals surface area (Å²) in [6.45, 7) is 0. The second-order valence-corrected chi connectivity index (χ2v) is 2.93. The molecule has 2 nitrogen and oxygen atoms in total. The van der Waals surface area contributed by atoms with Gasteiger partial charge in [0.25, 0.3) is 0 Å².